The summed E-state index contributed by atoms with van der Waals surface area (Å²) in [6, 6.07) is 0. The van der Waals surface area contributed by atoms with Gasteiger partial charge in [-0.25, -0.2) is 0 Å². The smallest absolute Gasteiger partial charge is 0.225 e. The van der Waals surface area contributed by atoms with Gasteiger partial charge in [0.05, 0.1) is 6.10 Å². The molecule has 0 aliphatic carbocycles. The molecule has 2 amide bonds. The predicted octanol–water partition coefficient (Wildman–Crippen LogP) is 0.672. The van der Waals surface area contributed by atoms with Gasteiger partial charge in [-0.1, -0.05) is 34.6 Å². The Kier molecular flexibility index (Phi) is 6.91. The summed E-state index contributed by atoms with van der Waals surface area (Å²) in [5.41, 5.74) is -0.440. The highest BCUT2D eigenvalue weighted by atomic mass is 16.3. The molecule has 0 radical (unpaired) electrons. The highest BCUT2D eigenvalue weighted by Gasteiger charge is 2.20. The molecule has 0 spiro atoms. The molecule has 0 saturated carbocycles. The first-order valence-electron chi connectivity index (χ1n) is 6.37. The van der Waals surface area contributed by atoms with Crippen LogP contribution in [-0.2, 0) is 9.59 Å². The van der Waals surface area contributed by atoms with Gasteiger partial charge in [0, 0.05) is 24.9 Å². The van der Waals surface area contributed by atoms with Crippen LogP contribution in [-0.4, -0.2) is 36.1 Å². The zero-order chi connectivity index (χ0) is 14.3. The van der Waals surface area contributed by atoms with Crippen LogP contribution in [0.25, 0.3) is 0 Å². The van der Waals surface area contributed by atoms with Crippen molar-refractivity contribution in [2.24, 2.45) is 11.3 Å². The largest absolute Gasteiger partial charge is 0.391 e. The molecule has 0 rings (SSSR count). The Morgan fingerprint density at radius 3 is 2.17 bits per heavy atom. The maximum atomic E-state index is 11.5. The Bertz CT molecular complexity index is 282. The van der Waals surface area contributed by atoms with E-state index in [1.54, 1.807) is 0 Å². The van der Waals surface area contributed by atoms with Gasteiger partial charge in [-0.2, -0.15) is 0 Å². The number of carbonyl (C=O) groups is 2. The lowest BCUT2D eigenvalue weighted by Gasteiger charge is -2.18. The molecule has 18 heavy (non-hydrogen) atoms. The molecule has 3 N–H and O–H groups in total. The highest BCUT2D eigenvalue weighted by Crippen LogP contribution is 2.11. The van der Waals surface area contributed by atoms with Crippen LogP contribution >= 0.6 is 0 Å². The van der Waals surface area contributed by atoms with Crippen LogP contribution in [0.3, 0.4) is 0 Å². The third kappa shape index (κ3) is 7.27. The molecule has 1 atom stereocenters. The number of hydrogen-bond donors (Lipinski definition) is 3. The minimum atomic E-state index is -0.530. The van der Waals surface area contributed by atoms with E-state index in [1.165, 1.54) is 0 Å². The average Bonchev–Trinajstić information content (AvgIpc) is 2.24. The zero-order valence-corrected chi connectivity index (χ0v) is 12.0. The zero-order valence-electron chi connectivity index (χ0n) is 12.0. The normalized spacial score (nSPS) is 13.3. The van der Waals surface area contributed by atoms with Gasteiger partial charge in [0.2, 0.25) is 11.8 Å². The molecule has 0 aromatic rings. The molecule has 0 saturated heterocycles. The van der Waals surface area contributed by atoms with E-state index in [9.17, 15) is 14.7 Å². The van der Waals surface area contributed by atoms with Gasteiger partial charge in [-0.05, 0) is 5.92 Å². The number of hydrogen-bond acceptors (Lipinski definition) is 3. The van der Waals surface area contributed by atoms with Gasteiger partial charge >= 0.3 is 0 Å². The standard InChI is InChI=1S/C13H26N2O3/c1-9(2)10(16)8-15-11(17)6-7-14-12(18)13(3,4)5/h9-10,16H,6-8H2,1-5H3,(H,14,18)(H,15,17). The molecule has 0 bridgehead atoms. The SMILES string of the molecule is CC(C)C(O)CNC(=O)CCNC(=O)C(C)(C)C. The van der Waals surface area contributed by atoms with Crippen LogP contribution in [0.15, 0.2) is 0 Å². The topological polar surface area (TPSA) is 78.4 Å². The highest BCUT2D eigenvalue weighted by molar-refractivity contribution is 5.82. The number of rotatable bonds is 6. The molecule has 0 heterocycles. The van der Waals surface area contributed by atoms with E-state index < -0.39 is 11.5 Å². The minimum Gasteiger partial charge on any atom is -0.391 e. The Morgan fingerprint density at radius 1 is 1.17 bits per heavy atom. The molecule has 5 nitrogen and oxygen atoms in total. The van der Waals surface area contributed by atoms with Crippen molar-refractivity contribution in [3.05, 3.63) is 0 Å². The summed E-state index contributed by atoms with van der Waals surface area (Å²) >= 11 is 0. The van der Waals surface area contributed by atoms with Gasteiger partial charge in [0.25, 0.3) is 0 Å². The molecule has 106 valence electrons. The van der Waals surface area contributed by atoms with Crippen molar-refractivity contribution in [2.45, 2.75) is 47.1 Å². The van der Waals surface area contributed by atoms with E-state index in [2.05, 4.69) is 10.6 Å². The minimum absolute atomic E-state index is 0.0717. The number of aliphatic hydroxyl groups is 1. The molecular weight excluding hydrogens is 232 g/mol. The number of carbonyl (C=O) groups excluding carboxylic acids is 2. The maximum absolute atomic E-state index is 11.5. The fourth-order valence-corrected chi connectivity index (χ4v) is 1.10. The predicted molar refractivity (Wildman–Crippen MR) is 70.9 cm³/mol. The van der Waals surface area contributed by atoms with Gasteiger partial charge in [-0.15, -0.1) is 0 Å². The van der Waals surface area contributed by atoms with Crippen molar-refractivity contribution in [3.8, 4) is 0 Å². The molecule has 1 unspecified atom stereocenters. The molecule has 0 aliphatic heterocycles. The van der Waals surface area contributed by atoms with Crippen molar-refractivity contribution < 1.29 is 14.7 Å². The summed E-state index contributed by atoms with van der Waals surface area (Å²) in [5, 5.41) is 14.8. The van der Waals surface area contributed by atoms with Crippen molar-refractivity contribution in [3.63, 3.8) is 0 Å². The second kappa shape index (κ2) is 7.36. The van der Waals surface area contributed by atoms with Crippen LogP contribution in [0.2, 0.25) is 0 Å². The maximum Gasteiger partial charge on any atom is 0.225 e. The van der Waals surface area contributed by atoms with Crippen LogP contribution in [0.5, 0.6) is 0 Å². The average molecular weight is 258 g/mol. The number of aliphatic hydroxyl groups excluding tert-OH is 1. The van der Waals surface area contributed by atoms with Crippen molar-refractivity contribution >= 4 is 11.8 Å². The fraction of sp³-hybridized carbons (Fsp3) is 0.846. The molecule has 0 aliphatic rings. The Balaban J connectivity index is 3.76. The molecule has 0 aromatic heterocycles. The first-order chi connectivity index (χ1) is 8.14. The Morgan fingerprint density at radius 2 is 1.72 bits per heavy atom. The first kappa shape index (κ1) is 16.9. The second-order valence-corrected chi connectivity index (χ2v) is 5.87. The number of amides is 2. The summed E-state index contributed by atoms with van der Waals surface area (Å²) in [6.45, 7) is 9.81. The van der Waals surface area contributed by atoms with Crippen molar-refractivity contribution in [1.82, 2.24) is 10.6 Å². The van der Waals surface area contributed by atoms with E-state index in [0.29, 0.717) is 6.54 Å². The quantitative estimate of drug-likeness (QED) is 0.655. The lowest BCUT2D eigenvalue weighted by atomic mass is 9.96. The van der Waals surface area contributed by atoms with Gasteiger partial charge in [0.15, 0.2) is 0 Å². The summed E-state index contributed by atoms with van der Waals surface area (Å²) < 4.78 is 0. The van der Waals surface area contributed by atoms with E-state index in [-0.39, 0.29) is 30.7 Å². The van der Waals surface area contributed by atoms with Crippen LogP contribution < -0.4 is 10.6 Å². The van der Waals surface area contributed by atoms with E-state index in [4.69, 9.17) is 0 Å². The number of nitrogens with one attached hydrogen (secondary N) is 2. The lowest BCUT2D eigenvalue weighted by molar-refractivity contribution is -0.128. The van der Waals surface area contributed by atoms with E-state index >= 15 is 0 Å². The fourth-order valence-electron chi connectivity index (χ4n) is 1.10. The summed E-state index contributed by atoms with van der Waals surface area (Å²) in [7, 11) is 0. The third-order valence-corrected chi connectivity index (χ3v) is 2.60. The van der Waals surface area contributed by atoms with Gasteiger partial charge in [0.1, 0.15) is 0 Å². The summed E-state index contributed by atoms with van der Waals surface area (Å²) in [4.78, 5) is 22.9. The summed E-state index contributed by atoms with van der Waals surface area (Å²) in [6.07, 6.45) is -0.301. The van der Waals surface area contributed by atoms with Crippen LogP contribution in [0, 0.1) is 11.3 Å². The Hall–Kier alpha value is -1.10. The third-order valence-electron chi connectivity index (χ3n) is 2.60. The molecular formula is C13H26N2O3. The monoisotopic (exact) mass is 258 g/mol. The molecule has 0 fully saturated rings. The summed E-state index contributed by atoms with van der Waals surface area (Å²) in [5.74, 6) is -0.118. The van der Waals surface area contributed by atoms with Gasteiger partial charge < -0.3 is 15.7 Å². The van der Waals surface area contributed by atoms with Crippen molar-refractivity contribution in [2.75, 3.05) is 13.1 Å². The van der Waals surface area contributed by atoms with Crippen LogP contribution in [0.1, 0.15) is 41.0 Å². The Labute approximate surface area is 109 Å². The van der Waals surface area contributed by atoms with Crippen LogP contribution in [0.4, 0.5) is 0 Å². The molecule has 5 heteroatoms. The second-order valence-electron chi connectivity index (χ2n) is 5.87. The van der Waals surface area contributed by atoms with Crippen molar-refractivity contribution in [1.29, 1.82) is 0 Å². The lowest BCUT2D eigenvalue weighted by Crippen LogP contribution is -2.39. The van der Waals surface area contributed by atoms with Gasteiger partial charge in [-0.3, -0.25) is 9.59 Å². The first-order valence-corrected chi connectivity index (χ1v) is 6.37. The molecule has 0 aromatic carbocycles. The van der Waals surface area contributed by atoms with E-state index in [1.807, 2.05) is 34.6 Å². The van der Waals surface area contributed by atoms with E-state index in [0.717, 1.165) is 0 Å².